The number of alkyl halides is 3. The Kier molecular flexibility index (Phi) is 3.08. The molecule has 0 aliphatic carbocycles. The zero-order valence-electron chi connectivity index (χ0n) is 12.4. The lowest BCUT2D eigenvalue weighted by atomic mass is 10.1. The summed E-state index contributed by atoms with van der Waals surface area (Å²) in [5, 5.41) is 13.8. The fourth-order valence-electron chi connectivity index (χ4n) is 2.55. The van der Waals surface area contributed by atoms with Crippen molar-refractivity contribution in [3.63, 3.8) is 0 Å². The first-order chi connectivity index (χ1) is 11.8. The van der Waals surface area contributed by atoms with Crippen LogP contribution < -0.4 is 5.69 Å². The number of phenolic OH excluding ortho intramolecular Hbond substituents is 1. The van der Waals surface area contributed by atoms with Crippen LogP contribution in [-0.4, -0.2) is 24.7 Å². The van der Waals surface area contributed by atoms with Crippen molar-refractivity contribution < 1.29 is 18.3 Å². The summed E-state index contributed by atoms with van der Waals surface area (Å²) in [5.74, 6) is 0.286. The number of fused-ring (bicyclic) bond motifs is 3. The highest BCUT2D eigenvalue weighted by Gasteiger charge is 2.30. The van der Waals surface area contributed by atoms with Gasteiger partial charge in [-0.25, -0.2) is 9.78 Å². The van der Waals surface area contributed by atoms with Crippen molar-refractivity contribution in [3.8, 4) is 17.1 Å². The first kappa shape index (κ1) is 15.2. The van der Waals surface area contributed by atoms with Gasteiger partial charge in [-0.05, 0) is 42.5 Å². The fourth-order valence-corrected chi connectivity index (χ4v) is 2.55. The lowest BCUT2D eigenvalue weighted by Gasteiger charge is -2.07. The Morgan fingerprint density at radius 2 is 1.80 bits per heavy atom. The quantitative estimate of drug-likeness (QED) is 0.555. The van der Waals surface area contributed by atoms with Gasteiger partial charge in [-0.15, -0.1) is 5.10 Å². The maximum Gasteiger partial charge on any atom is 0.416 e. The van der Waals surface area contributed by atoms with E-state index in [0.29, 0.717) is 10.9 Å². The minimum atomic E-state index is -4.51. The number of hydrogen-bond acceptors (Lipinski definition) is 4. The van der Waals surface area contributed by atoms with Gasteiger partial charge in [0.1, 0.15) is 5.75 Å². The summed E-state index contributed by atoms with van der Waals surface area (Å²) in [7, 11) is 0. The van der Waals surface area contributed by atoms with Crippen LogP contribution in [0.4, 0.5) is 13.2 Å². The van der Waals surface area contributed by atoms with Gasteiger partial charge < -0.3 is 10.1 Å². The third-order valence-electron chi connectivity index (χ3n) is 3.75. The minimum Gasteiger partial charge on any atom is -0.508 e. The van der Waals surface area contributed by atoms with E-state index in [-0.39, 0.29) is 22.7 Å². The molecule has 0 amide bonds. The number of aromatic amines is 1. The van der Waals surface area contributed by atoms with Crippen LogP contribution in [0, 0.1) is 0 Å². The van der Waals surface area contributed by atoms with Gasteiger partial charge in [0.25, 0.3) is 0 Å². The highest BCUT2D eigenvalue weighted by atomic mass is 19.4. The zero-order valence-corrected chi connectivity index (χ0v) is 12.4. The number of aromatic hydroxyl groups is 1. The molecule has 4 rings (SSSR count). The van der Waals surface area contributed by atoms with Gasteiger partial charge in [0.2, 0.25) is 0 Å². The molecule has 0 radical (unpaired) electrons. The molecule has 0 fully saturated rings. The van der Waals surface area contributed by atoms with E-state index in [1.165, 1.54) is 18.2 Å². The lowest BCUT2D eigenvalue weighted by molar-refractivity contribution is -0.137. The van der Waals surface area contributed by atoms with E-state index >= 15 is 0 Å². The molecule has 6 nitrogen and oxygen atoms in total. The van der Waals surface area contributed by atoms with Crippen molar-refractivity contribution in [2.75, 3.05) is 0 Å². The minimum absolute atomic E-state index is 0.0250. The predicted molar refractivity (Wildman–Crippen MR) is 83.2 cm³/mol. The number of halogens is 3. The number of aromatic nitrogens is 4. The van der Waals surface area contributed by atoms with Gasteiger partial charge in [0.05, 0.1) is 11.1 Å². The van der Waals surface area contributed by atoms with Crippen molar-refractivity contribution in [3.05, 3.63) is 58.5 Å². The maximum atomic E-state index is 12.8. The van der Waals surface area contributed by atoms with E-state index in [1.54, 1.807) is 12.1 Å². The van der Waals surface area contributed by atoms with E-state index in [9.17, 15) is 23.1 Å². The van der Waals surface area contributed by atoms with E-state index in [0.717, 1.165) is 16.6 Å². The molecule has 0 atom stereocenters. The maximum absolute atomic E-state index is 12.8. The average molecular weight is 346 g/mol. The smallest absolute Gasteiger partial charge is 0.416 e. The molecule has 2 aromatic heterocycles. The second-order valence-corrected chi connectivity index (χ2v) is 5.41. The Labute approximate surface area is 137 Å². The summed E-state index contributed by atoms with van der Waals surface area (Å²) in [6, 6.07) is 9.07. The van der Waals surface area contributed by atoms with Crippen molar-refractivity contribution in [2.24, 2.45) is 0 Å². The number of rotatable bonds is 1. The van der Waals surface area contributed by atoms with E-state index < -0.39 is 17.4 Å². The van der Waals surface area contributed by atoms with Crippen molar-refractivity contribution in [1.29, 1.82) is 0 Å². The summed E-state index contributed by atoms with van der Waals surface area (Å²) < 4.78 is 39.5. The van der Waals surface area contributed by atoms with Crippen molar-refractivity contribution >= 4 is 16.6 Å². The second kappa shape index (κ2) is 5.07. The summed E-state index contributed by atoms with van der Waals surface area (Å²) in [4.78, 5) is 18.8. The molecule has 9 heteroatoms. The number of nitrogens with zero attached hydrogens (tertiary/aromatic N) is 3. The Hall–Kier alpha value is -3.36. The zero-order chi connectivity index (χ0) is 17.8. The number of phenols is 1. The van der Waals surface area contributed by atoms with Gasteiger partial charge >= 0.3 is 11.9 Å². The lowest BCUT2D eigenvalue weighted by Crippen LogP contribution is -2.18. The van der Waals surface area contributed by atoms with Gasteiger partial charge in [0, 0.05) is 10.9 Å². The molecular formula is C16H9F3N4O2. The first-order valence-electron chi connectivity index (χ1n) is 7.12. The molecule has 0 bridgehead atoms. The molecule has 2 N–H and O–H groups in total. The third kappa shape index (κ3) is 2.49. The van der Waals surface area contributed by atoms with Crippen LogP contribution in [-0.2, 0) is 6.18 Å². The van der Waals surface area contributed by atoms with Crippen LogP contribution in [0.25, 0.3) is 27.9 Å². The number of benzene rings is 2. The van der Waals surface area contributed by atoms with Gasteiger partial charge in [-0.1, -0.05) is 0 Å². The number of nitrogens with one attached hydrogen (secondary N) is 1. The highest BCUT2D eigenvalue weighted by Crippen LogP contribution is 2.31. The molecule has 25 heavy (non-hydrogen) atoms. The molecule has 4 aromatic rings. The highest BCUT2D eigenvalue weighted by molar-refractivity contribution is 5.91. The second-order valence-electron chi connectivity index (χ2n) is 5.41. The Balaban J connectivity index is 1.97. The normalized spacial score (nSPS) is 12.1. The van der Waals surface area contributed by atoms with Crippen molar-refractivity contribution in [2.45, 2.75) is 6.18 Å². The molecule has 0 aliphatic heterocycles. The van der Waals surface area contributed by atoms with E-state index in [4.69, 9.17) is 0 Å². The molecule has 0 unspecified atom stereocenters. The molecule has 0 aliphatic rings. The Bertz CT molecular complexity index is 1160. The van der Waals surface area contributed by atoms with E-state index in [1.807, 2.05) is 0 Å². The fraction of sp³-hybridized carbons (Fsp3) is 0.0625. The van der Waals surface area contributed by atoms with Crippen LogP contribution in [0.1, 0.15) is 5.56 Å². The summed E-state index contributed by atoms with van der Waals surface area (Å²) >= 11 is 0. The van der Waals surface area contributed by atoms with E-state index in [2.05, 4.69) is 15.1 Å². The summed E-state index contributed by atoms with van der Waals surface area (Å²) in [6.45, 7) is 0. The number of hydrogen-bond donors (Lipinski definition) is 2. The van der Waals surface area contributed by atoms with Gasteiger partial charge in [-0.3, -0.25) is 0 Å². The van der Waals surface area contributed by atoms with Gasteiger partial charge in [0.15, 0.2) is 11.5 Å². The summed E-state index contributed by atoms with van der Waals surface area (Å²) in [5.41, 5.74) is -0.828. The van der Waals surface area contributed by atoms with Crippen LogP contribution in [0.2, 0.25) is 0 Å². The number of H-pyrrole nitrogens is 1. The molecule has 2 heterocycles. The first-order valence-corrected chi connectivity index (χ1v) is 7.12. The molecule has 0 saturated carbocycles. The Morgan fingerprint density at radius 1 is 1.08 bits per heavy atom. The van der Waals surface area contributed by atoms with Crippen LogP contribution in [0.3, 0.4) is 0 Å². The average Bonchev–Trinajstić information content (AvgIpc) is 3.00. The molecular weight excluding hydrogens is 337 g/mol. The topological polar surface area (TPSA) is 83.3 Å². The van der Waals surface area contributed by atoms with Crippen LogP contribution in [0.5, 0.6) is 5.75 Å². The molecule has 0 spiro atoms. The van der Waals surface area contributed by atoms with Crippen molar-refractivity contribution in [1.82, 2.24) is 19.6 Å². The monoisotopic (exact) mass is 346 g/mol. The van der Waals surface area contributed by atoms with Crippen LogP contribution in [0.15, 0.2) is 47.3 Å². The molecule has 2 aromatic carbocycles. The SMILES string of the molecule is O=c1[nH]c2cc(C(F)(F)F)ccc2c2nc(-c3ccc(O)cc3)nn12. The standard InChI is InChI=1S/C16H9F3N4O2/c17-16(18,19)9-3-6-11-12(7-9)20-15(25)23-14(11)21-13(22-23)8-1-4-10(24)5-2-8/h1-7,24H,(H,20,25). The third-order valence-corrected chi connectivity index (χ3v) is 3.75. The largest absolute Gasteiger partial charge is 0.508 e. The molecule has 0 saturated heterocycles. The van der Waals surface area contributed by atoms with Crippen LogP contribution >= 0.6 is 0 Å². The molecule has 126 valence electrons. The van der Waals surface area contributed by atoms with Gasteiger partial charge in [-0.2, -0.15) is 17.7 Å². The summed E-state index contributed by atoms with van der Waals surface area (Å²) in [6.07, 6.45) is -4.51. The Morgan fingerprint density at radius 3 is 2.48 bits per heavy atom. The predicted octanol–water partition coefficient (Wildman–Crippen LogP) is 2.96.